The van der Waals surface area contributed by atoms with Crippen molar-refractivity contribution < 1.29 is 13.2 Å². The predicted molar refractivity (Wildman–Crippen MR) is 108 cm³/mol. The molecule has 0 saturated heterocycles. The van der Waals surface area contributed by atoms with Crippen LogP contribution >= 0.6 is 15.9 Å². The molecule has 6 nitrogen and oxygen atoms in total. The van der Waals surface area contributed by atoms with Gasteiger partial charge in [0.1, 0.15) is 5.84 Å². The molecule has 142 valence electrons. The van der Waals surface area contributed by atoms with E-state index in [1.165, 1.54) is 6.07 Å². The van der Waals surface area contributed by atoms with E-state index in [0.29, 0.717) is 11.4 Å². The highest BCUT2D eigenvalue weighted by Gasteiger charge is 2.29. The molecule has 0 aromatic heterocycles. The van der Waals surface area contributed by atoms with Gasteiger partial charge in [0, 0.05) is 16.5 Å². The van der Waals surface area contributed by atoms with E-state index in [1.807, 2.05) is 31.2 Å². The number of sulfonamides is 1. The smallest absolute Gasteiger partial charge is 0.263 e. The number of nitrogens with one attached hydrogen (secondary N) is 2. The number of halogens is 1. The third kappa shape index (κ3) is 4.56. The van der Waals surface area contributed by atoms with Gasteiger partial charge in [-0.05, 0) is 36.2 Å². The number of nitrogens with zero attached hydrogens (tertiary/aromatic N) is 1. The molecule has 27 heavy (non-hydrogen) atoms. The third-order valence-electron chi connectivity index (χ3n) is 4.29. The van der Waals surface area contributed by atoms with E-state index >= 15 is 0 Å². The first-order valence-electron chi connectivity index (χ1n) is 8.62. The molecular formula is C19H20BrN3O3S. The number of aliphatic imine (C=N–C) groups is 1. The van der Waals surface area contributed by atoms with E-state index < -0.39 is 10.0 Å². The minimum Gasteiger partial charge on any atom is -0.349 e. The summed E-state index contributed by atoms with van der Waals surface area (Å²) < 4.78 is 27.5. The first-order chi connectivity index (χ1) is 12.9. The SMILES string of the molecule is CCC(NC(=O)CCN=C1NS(=O)(=O)c2ccccc21)c1ccc(Br)cc1. The lowest BCUT2D eigenvalue weighted by atomic mass is 10.0. The zero-order valence-electron chi connectivity index (χ0n) is 14.8. The Morgan fingerprint density at radius 2 is 1.89 bits per heavy atom. The number of amides is 1. The number of hydrogen-bond acceptors (Lipinski definition) is 4. The Hall–Kier alpha value is -2.19. The van der Waals surface area contributed by atoms with Gasteiger partial charge in [0.15, 0.2) is 0 Å². The molecule has 1 amide bonds. The lowest BCUT2D eigenvalue weighted by Gasteiger charge is -2.17. The molecule has 1 atom stereocenters. The summed E-state index contributed by atoms with van der Waals surface area (Å²) >= 11 is 3.40. The largest absolute Gasteiger partial charge is 0.349 e. The summed E-state index contributed by atoms with van der Waals surface area (Å²) in [7, 11) is -3.55. The number of amidine groups is 1. The van der Waals surface area contributed by atoms with E-state index in [4.69, 9.17) is 0 Å². The van der Waals surface area contributed by atoms with E-state index in [0.717, 1.165) is 16.5 Å². The summed E-state index contributed by atoms with van der Waals surface area (Å²) in [6.45, 7) is 2.21. The van der Waals surface area contributed by atoms with Gasteiger partial charge in [0.05, 0.1) is 17.5 Å². The lowest BCUT2D eigenvalue weighted by molar-refractivity contribution is -0.121. The van der Waals surface area contributed by atoms with Crippen molar-refractivity contribution in [3.8, 4) is 0 Å². The Morgan fingerprint density at radius 3 is 2.59 bits per heavy atom. The van der Waals surface area contributed by atoms with Gasteiger partial charge in [-0.3, -0.25) is 14.5 Å². The van der Waals surface area contributed by atoms with Crippen LogP contribution in [-0.2, 0) is 14.8 Å². The zero-order chi connectivity index (χ0) is 19.4. The highest BCUT2D eigenvalue weighted by molar-refractivity contribution is 9.10. The molecule has 0 spiro atoms. The molecular weight excluding hydrogens is 430 g/mol. The molecule has 0 saturated carbocycles. The maximum atomic E-state index is 12.3. The summed E-state index contributed by atoms with van der Waals surface area (Å²) in [5, 5.41) is 3.00. The Morgan fingerprint density at radius 1 is 1.19 bits per heavy atom. The minimum atomic E-state index is -3.55. The predicted octanol–water partition coefficient (Wildman–Crippen LogP) is 3.15. The van der Waals surface area contributed by atoms with Crippen LogP contribution < -0.4 is 10.0 Å². The number of benzene rings is 2. The van der Waals surface area contributed by atoms with Crippen molar-refractivity contribution in [3.05, 3.63) is 64.1 Å². The minimum absolute atomic E-state index is 0.0658. The molecule has 0 aliphatic carbocycles. The second kappa shape index (κ2) is 8.22. The number of carbonyl (C=O) groups excluding carboxylic acids is 1. The van der Waals surface area contributed by atoms with Crippen LogP contribution in [0, 0.1) is 0 Å². The van der Waals surface area contributed by atoms with Crippen LogP contribution in [0.4, 0.5) is 0 Å². The molecule has 0 bridgehead atoms. The Kier molecular flexibility index (Phi) is 5.96. The third-order valence-corrected chi connectivity index (χ3v) is 6.21. The van der Waals surface area contributed by atoms with Gasteiger partial charge in [-0.25, -0.2) is 8.42 Å². The average Bonchev–Trinajstić information content (AvgIpc) is 2.91. The van der Waals surface area contributed by atoms with E-state index in [2.05, 4.69) is 31.0 Å². The van der Waals surface area contributed by atoms with Crippen LogP contribution in [0.5, 0.6) is 0 Å². The molecule has 1 aliphatic heterocycles. The summed E-state index contributed by atoms with van der Waals surface area (Å²) in [6, 6.07) is 14.4. The molecule has 0 fully saturated rings. The maximum Gasteiger partial charge on any atom is 0.263 e. The van der Waals surface area contributed by atoms with Gasteiger partial charge in [-0.2, -0.15) is 0 Å². The molecule has 1 aliphatic rings. The average molecular weight is 450 g/mol. The summed E-state index contributed by atoms with van der Waals surface area (Å²) in [5.41, 5.74) is 1.58. The summed E-state index contributed by atoms with van der Waals surface area (Å²) in [5.74, 6) is 0.168. The topological polar surface area (TPSA) is 87.6 Å². The van der Waals surface area contributed by atoms with Crippen molar-refractivity contribution in [1.29, 1.82) is 0 Å². The van der Waals surface area contributed by atoms with Crippen LogP contribution in [0.15, 0.2) is 62.9 Å². The van der Waals surface area contributed by atoms with Gasteiger partial charge >= 0.3 is 0 Å². The first-order valence-corrected chi connectivity index (χ1v) is 10.9. The van der Waals surface area contributed by atoms with Gasteiger partial charge < -0.3 is 5.32 Å². The highest BCUT2D eigenvalue weighted by Crippen LogP contribution is 2.22. The number of fused-ring (bicyclic) bond motifs is 1. The molecule has 0 radical (unpaired) electrons. The Bertz CT molecular complexity index is 972. The fraction of sp³-hybridized carbons (Fsp3) is 0.263. The van der Waals surface area contributed by atoms with Crippen LogP contribution in [0.3, 0.4) is 0 Å². The normalized spacial score (nSPS) is 17.2. The lowest BCUT2D eigenvalue weighted by Crippen LogP contribution is -2.29. The summed E-state index contributed by atoms with van der Waals surface area (Å²) in [6.07, 6.45) is 0.954. The monoisotopic (exact) mass is 449 g/mol. The first kappa shape index (κ1) is 19.6. The van der Waals surface area contributed by atoms with Crippen LogP contribution in [-0.4, -0.2) is 26.7 Å². The highest BCUT2D eigenvalue weighted by atomic mass is 79.9. The maximum absolute atomic E-state index is 12.3. The van der Waals surface area contributed by atoms with Gasteiger partial charge in [-0.1, -0.05) is 47.1 Å². The fourth-order valence-corrected chi connectivity index (χ4v) is 4.42. The van der Waals surface area contributed by atoms with Crippen LogP contribution in [0.1, 0.15) is 36.9 Å². The molecule has 2 aromatic carbocycles. The Labute approximate surface area is 167 Å². The van der Waals surface area contributed by atoms with Crippen molar-refractivity contribution >= 4 is 37.7 Å². The number of carbonyl (C=O) groups is 1. The van der Waals surface area contributed by atoms with Gasteiger partial charge in [0.25, 0.3) is 10.0 Å². The molecule has 3 rings (SSSR count). The quantitative estimate of drug-likeness (QED) is 0.709. The van der Waals surface area contributed by atoms with Crippen molar-refractivity contribution in [1.82, 2.24) is 10.0 Å². The van der Waals surface area contributed by atoms with E-state index in [9.17, 15) is 13.2 Å². The van der Waals surface area contributed by atoms with Crippen molar-refractivity contribution in [2.75, 3.05) is 6.54 Å². The molecule has 8 heteroatoms. The second-order valence-corrected chi connectivity index (χ2v) is 8.73. The van der Waals surface area contributed by atoms with Gasteiger partial charge in [0.2, 0.25) is 5.91 Å². The molecule has 2 aromatic rings. The van der Waals surface area contributed by atoms with Crippen molar-refractivity contribution in [3.63, 3.8) is 0 Å². The van der Waals surface area contributed by atoms with E-state index in [-0.39, 0.29) is 29.8 Å². The van der Waals surface area contributed by atoms with Gasteiger partial charge in [-0.15, -0.1) is 0 Å². The Balaban J connectivity index is 1.61. The molecule has 1 unspecified atom stereocenters. The fourth-order valence-electron chi connectivity index (χ4n) is 2.90. The van der Waals surface area contributed by atoms with Crippen molar-refractivity contribution in [2.45, 2.75) is 30.7 Å². The molecule has 2 N–H and O–H groups in total. The van der Waals surface area contributed by atoms with Crippen LogP contribution in [0.2, 0.25) is 0 Å². The second-order valence-electron chi connectivity index (χ2n) is 6.16. The van der Waals surface area contributed by atoms with E-state index in [1.54, 1.807) is 18.2 Å². The zero-order valence-corrected chi connectivity index (χ0v) is 17.2. The van der Waals surface area contributed by atoms with Crippen molar-refractivity contribution in [2.24, 2.45) is 4.99 Å². The standard InChI is InChI=1S/C19H20BrN3O3S/c1-2-16(13-7-9-14(20)10-8-13)22-18(24)11-12-21-19-15-5-3-4-6-17(15)27(25,26)23-19/h3-10,16H,2,11-12H2,1H3,(H,21,23)(H,22,24). The van der Waals surface area contributed by atoms with Crippen LogP contribution in [0.25, 0.3) is 0 Å². The summed E-state index contributed by atoms with van der Waals surface area (Å²) in [4.78, 5) is 16.8. The number of hydrogen-bond donors (Lipinski definition) is 2. The molecule has 1 heterocycles. The number of rotatable bonds is 6.